The molecule has 2 aromatic carbocycles. The Morgan fingerprint density at radius 1 is 1.07 bits per heavy atom. The summed E-state index contributed by atoms with van der Waals surface area (Å²) < 4.78 is 0. The van der Waals surface area contributed by atoms with Crippen molar-refractivity contribution in [1.82, 2.24) is 10.2 Å². The zero-order chi connectivity index (χ0) is 18.9. The molecule has 5 nitrogen and oxygen atoms in total. The quantitative estimate of drug-likeness (QED) is 0.362. The third kappa shape index (κ3) is 7.21. The monoisotopic (exact) mass is 480 g/mol. The number of halogens is 1. The van der Waals surface area contributed by atoms with Gasteiger partial charge < -0.3 is 16.0 Å². The molecule has 0 aliphatic heterocycles. The van der Waals surface area contributed by atoms with Gasteiger partial charge in [-0.25, -0.2) is 4.99 Å². The number of aryl methyl sites for hydroxylation is 1. The minimum Gasteiger partial charge on any atom is -0.366 e. The number of benzene rings is 2. The number of hydrogen-bond donors (Lipinski definition) is 2. The van der Waals surface area contributed by atoms with Crippen LogP contribution in [0.1, 0.15) is 40.9 Å². The number of primary amides is 1. The van der Waals surface area contributed by atoms with Crippen LogP contribution < -0.4 is 11.1 Å². The first-order valence-electron chi connectivity index (χ1n) is 8.99. The van der Waals surface area contributed by atoms with Gasteiger partial charge in [-0.15, -0.1) is 24.0 Å². The van der Waals surface area contributed by atoms with Crippen LogP contribution >= 0.6 is 24.0 Å². The fourth-order valence-electron chi connectivity index (χ4n) is 2.69. The summed E-state index contributed by atoms with van der Waals surface area (Å²) in [6.07, 6.45) is 1.05. The average molecular weight is 480 g/mol. The lowest BCUT2D eigenvalue weighted by molar-refractivity contribution is 0.1000. The van der Waals surface area contributed by atoms with Gasteiger partial charge in [-0.2, -0.15) is 0 Å². The number of nitrogens with zero attached hydrogens (tertiary/aromatic N) is 2. The Balaban J connectivity index is 0.00000364. The van der Waals surface area contributed by atoms with Crippen LogP contribution in [0.3, 0.4) is 0 Å². The summed E-state index contributed by atoms with van der Waals surface area (Å²) >= 11 is 0. The maximum atomic E-state index is 11.3. The first-order chi connectivity index (χ1) is 12.5. The molecule has 0 fully saturated rings. The topological polar surface area (TPSA) is 70.7 Å². The molecule has 0 unspecified atom stereocenters. The minimum atomic E-state index is -0.421. The molecule has 0 bridgehead atoms. The Bertz CT molecular complexity index is 759. The van der Waals surface area contributed by atoms with E-state index in [2.05, 4.69) is 41.4 Å². The van der Waals surface area contributed by atoms with Crippen LogP contribution in [0.4, 0.5) is 0 Å². The molecule has 0 saturated heterocycles. The van der Waals surface area contributed by atoms with Crippen molar-refractivity contribution < 1.29 is 4.79 Å². The third-order valence-electron chi connectivity index (χ3n) is 4.17. The molecule has 2 aromatic rings. The summed E-state index contributed by atoms with van der Waals surface area (Å²) in [6, 6.07) is 15.9. The molecule has 0 aliphatic carbocycles. The number of nitrogens with one attached hydrogen (secondary N) is 1. The molecule has 0 saturated carbocycles. The largest absolute Gasteiger partial charge is 0.366 e. The molecule has 6 heteroatoms. The second-order valence-corrected chi connectivity index (χ2v) is 6.26. The Labute approximate surface area is 179 Å². The predicted molar refractivity (Wildman–Crippen MR) is 122 cm³/mol. The van der Waals surface area contributed by atoms with Crippen molar-refractivity contribution >= 4 is 35.8 Å². The Kier molecular flexibility index (Phi) is 9.85. The van der Waals surface area contributed by atoms with E-state index in [0.717, 1.165) is 31.0 Å². The van der Waals surface area contributed by atoms with Gasteiger partial charge in [-0.3, -0.25) is 4.79 Å². The fourth-order valence-corrected chi connectivity index (χ4v) is 2.69. The second kappa shape index (κ2) is 11.6. The lowest BCUT2D eigenvalue weighted by atomic mass is 10.1. The zero-order valence-corrected chi connectivity index (χ0v) is 18.6. The number of aliphatic imine (C=N–C) groups is 1. The van der Waals surface area contributed by atoms with Crippen molar-refractivity contribution in [2.24, 2.45) is 10.7 Å². The van der Waals surface area contributed by atoms with Crippen LogP contribution in [0.2, 0.25) is 0 Å². The van der Waals surface area contributed by atoms with E-state index < -0.39 is 5.91 Å². The van der Waals surface area contributed by atoms with E-state index in [0.29, 0.717) is 12.1 Å². The van der Waals surface area contributed by atoms with Crippen molar-refractivity contribution in [3.8, 4) is 0 Å². The molecule has 0 aromatic heterocycles. The summed E-state index contributed by atoms with van der Waals surface area (Å²) in [6.45, 7) is 6.26. The summed E-state index contributed by atoms with van der Waals surface area (Å²) in [5.41, 5.74) is 9.39. The Hall–Kier alpha value is -2.09. The zero-order valence-electron chi connectivity index (χ0n) is 16.2. The van der Waals surface area contributed by atoms with Crippen LogP contribution in [0, 0.1) is 0 Å². The van der Waals surface area contributed by atoms with E-state index >= 15 is 0 Å². The van der Waals surface area contributed by atoms with Gasteiger partial charge in [0.1, 0.15) is 0 Å². The van der Waals surface area contributed by atoms with Crippen LogP contribution in [-0.4, -0.2) is 30.4 Å². The summed E-state index contributed by atoms with van der Waals surface area (Å²) in [5.74, 6) is 0.409. The highest BCUT2D eigenvalue weighted by Crippen LogP contribution is 2.09. The van der Waals surface area contributed by atoms with Crippen molar-refractivity contribution in [3.05, 3.63) is 70.8 Å². The minimum absolute atomic E-state index is 0. The lowest BCUT2D eigenvalue weighted by Crippen LogP contribution is -2.38. The summed E-state index contributed by atoms with van der Waals surface area (Å²) in [5, 5.41) is 3.32. The maximum Gasteiger partial charge on any atom is 0.248 e. The van der Waals surface area contributed by atoms with Gasteiger partial charge in [0.15, 0.2) is 5.96 Å². The standard InChI is InChI=1S/C21H28N4O.HI/c1-4-16-9-11-17(12-10-16)15-25(3)21(23-5-2)24-14-18-7-6-8-19(13-18)20(22)26;/h6-13H,4-5,14-15H2,1-3H3,(H2,22,26)(H,23,24);1H. The molecule has 27 heavy (non-hydrogen) atoms. The molecule has 2 rings (SSSR count). The molecule has 0 radical (unpaired) electrons. The van der Waals surface area contributed by atoms with Crippen LogP contribution in [0.25, 0.3) is 0 Å². The van der Waals surface area contributed by atoms with E-state index in [1.165, 1.54) is 11.1 Å². The predicted octanol–water partition coefficient (Wildman–Crippen LogP) is 3.56. The van der Waals surface area contributed by atoms with Crippen molar-refractivity contribution in [1.29, 1.82) is 0 Å². The first kappa shape index (κ1) is 23.0. The molecule has 0 heterocycles. The highest BCUT2D eigenvalue weighted by atomic mass is 127. The molecule has 3 N–H and O–H groups in total. The van der Waals surface area contributed by atoms with E-state index in [1.807, 2.05) is 26.1 Å². The first-order valence-corrected chi connectivity index (χ1v) is 8.99. The number of carbonyl (C=O) groups is 1. The number of hydrogen-bond acceptors (Lipinski definition) is 2. The van der Waals surface area contributed by atoms with Crippen LogP contribution in [-0.2, 0) is 19.5 Å². The molecule has 0 aliphatic rings. The highest BCUT2D eigenvalue weighted by molar-refractivity contribution is 14.0. The maximum absolute atomic E-state index is 11.3. The lowest BCUT2D eigenvalue weighted by Gasteiger charge is -2.22. The highest BCUT2D eigenvalue weighted by Gasteiger charge is 2.07. The fraction of sp³-hybridized carbons (Fsp3) is 0.333. The average Bonchev–Trinajstić information content (AvgIpc) is 2.65. The molecule has 1 amide bonds. The number of nitrogens with two attached hydrogens (primary N) is 1. The SMILES string of the molecule is CCNC(=NCc1cccc(C(N)=O)c1)N(C)Cc1ccc(CC)cc1.I. The van der Waals surface area contributed by atoms with E-state index in [4.69, 9.17) is 10.7 Å². The van der Waals surface area contributed by atoms with Gasteiger partial charge in [-0.1, -0.05) is 43.3 Å². The van der Waals surface area contributed by atoms with E-state index in [1.54, 1.807) is 12.1 Å². The molecule has 0 atom stereocenters. The van der Waals surface area contributed by atoms with Gasteiger partial charge in [-0.05, 0) is 42.2 Å². The van der Waals surface area contributed by atoms with E-state index in [9.17, 15) is 4.79 Å². The van der Waals surface area contributed by atoms with Gasteiger partial charge in [0.2, 0.25) is 5.91 Å². The van der Waals surface area contributed by atoms with Crippen molar-refractivity contribution in [3.63, 3.8) is 0 Å². The Morgan fingerprint density at radius 3 is 2.33 bits per heavy atom. The number of guanidine groups is 1. The van der Waals surface area contributed by atoms with Gasteiger partial charge in [0.05, 0.1) is 6.54 Å². The molecule has 146 valence electrons. The molecular formula is C21H29IN4O. The third-order valence-corrected chi connectivity index (χ3v) is 4.17. The van der Waals surface area contributed by atoms with Crippen molar-refractivity contribution in [2.45, 2.75) is 33.4 Å². The number of amides is 1. The summed E-state index contributed by atoms with van der Waals surface area (Å²) in [4.78, 5) is 18.1. The van der Waals surface area contributed by atoms with Crippen LogP contribution in [0.15, 0.2) is 53.5 Å². The molecular weight excluding hydrogens is 451 g/mol. The van der Waals surface area contributed by atoms with Crippen molar-refractivity contribution in [2.75, 3.05) is 13.6 Å². The number of carbonyl (C=O) groups excluding carboxylic acids is 1. The van der Waals surface area contributed by atoms with Gasteiger partial charge in [0, 0.05) is 25.7 Å². The molecule has 0 spiro atoms. The van der Waals surface area contributed by atoms with E-state index in [-0.39, 0.29) is 24.0 Å². The van der Waals surface area contributed by atoms with Gasteiger partial charge >= 0.3 is 0 Å². The second-order valence-electron chi connectivity index (χ2n) is 6.26. The number of rotatable bonds is 7. The Morgan fingerprint density at radius 2 is 1.74 bits per heavy atom. The summed E-state index contributed by atoms with van der Waals surface area (Å²) in [7, 11) is 2.02. The normalized spacial score (nSPS) is 10.9. The van der Waals surface area contributed by atoms with Gasteiger partial charge in [0.25, 0.3) is 0 Å². The smallest absolute Gasteiger partial charge is 0.248 e. The van der Waals surface area contributed by atoms with Crippen LogP contribution in [0.5, 0.6) is 0 Å².